The Morgan fingerprint density at radius 3 is 2.71 bits per heavy atom. The minimum Gasteiger partial charge on any atom is -0.385 e. The first kappa shape index (κ1) is 16.4. The van der Waals surface area contributed by atoms with E-state index in [0.717, 1.165) is 0 Å². The van der Waals surface area contributed by atoms with Crippen LogP contribution in [0.5, 0.6) is 0 Å². The van der Waals surface area contributed by atoms with E-state index in [-0.39, 0.29) is 19.0 Å². The molecule has 1 unspecified atom stereocenters. The number of nitrogens with one attached hydrogen (secondary N) is 1. The molecule has 2 rings (SSSR count). The van der Waals surface area contributed by atoms with Crippen molar-refractivity contribution in [2.45, 2.75) is 50.9 Å². The summed E-state index contributed by atoms with van der Waals surface area (Å²) in [6.07, 6.45) is 5.99. The van der Waals surface area contributed by atoms with E-state index in [9.17, 15) is 9.50 Å². The highest BCUT2D eigenvalue weighted by Crippen LogP contribution is 2.15. The lowest BCUT2D eigenvalue weighted by molar-refractivity contribution is -0.910. The van der Waals surface area contributed by atoms with Crippen LogP contribution in [0.1, 0.15) is 37.7 Å². The summed E-state index contributed by atoms with van der Waals surface area (Å²) in [5.41, 5.74) is 0.540. The third kappa shape index (κ3) is 5.38. The van der Waals surface area contributed by atoms with Gasteiger partial charge in [0.05, 0.1) is 26.3 Å². The quantitative estimate of drug-likeness (QED) is 0.800. The number of benzene rings is 1. The lowest BCUT2D eigenvalue weighted by Gasteiger charge is -2.29. The Kier molecular flexibility index (Phi) is 6.61. The van der Waals surface area contributed by atoms with Crippen LogP contribution in [0.25, 0.3) is 0 Å². The van der Waals surface area contributed by atoms with E-state index < -0.39 is 6.10 Å². The van der Waals surface area contributed by atoms with Gasteiger partial charge in [0.25, 0.3) is 0 Å². The second-order valence-corrected chi connectivity index (χ2v) is 6.15. The number of rotatable bonds is 7. The summed E-state index contributed by atoms with van der Waals surface area (Å²) < 4.78 is 18.9. The number of hydrogen-bond acceptors (Lipinski definition) is 2. The van der Waals surface area contributed by atoms with Gasteiger partial charge in [-0.15, -0.1) is 0 Å². The summed E-state index contributed by atoms with van der Waals surface area (Å²) in [5, 5.41) is 10.1. The Bertz CT molecular complexity index is 421. The summed E-state index contributed by atoms with van der Waals surface area (Å²) >= 11 is 0. The standard InChI is InChI=1S/C17H26FNO2/c1-19(15-8-3-2-4-9-15)11-16(20)13-21-12-14-7-5-6-10-17(14)18/h5-7,10,15-16,20H,2-4,8-9,11-13H2,1H3/p+1/t16-/m0/s1. The van der Waals surface area contributed by atoms with Gasteiger partial charge in [-0.25, -0.2) is 4.39 Å². The maximum atomic E-state index is 13.4. The number of ether oxygens (including phenoxy) is 1. The maximum absolute atomic E-state index is 13.4. The molecule has 0 heterocycles. The normalized spacial score (nSPS) is 19.4. The smallest absolute Gasteiger partial charge is 0.128 e. The molecule has 1 fully saturated rings. The van der Waals surface area contributed by atoms with Crippen LogP contribution in [0, 0.1) is 5.82 Å². The van der Waals surface area contributed by atoms with Crippen LogP contribution in [0.4, 0.5) is 4.39 Å². The first-order chi connectivity index (χ1) is 10.2. The fraction of sp³-hybridized carbons (Fsp3) is 0.647. The summed E-state index contributed by atoms with van der Waals surface area (Å²) in [5.74, 6) is -0.253. The summed E-state index contributed by atoms with van der Waals surface area (Å²) in [7, 11) is 2.15. The summed E-state index contributed by atoms with van der Waals surface area (Å²) in [6.45, 7) is 1.17. The second-order valence-electron chi connectivity index (χ2n) is 6.15. The molecule has 118 valence electrons. The molecule has 1 aliphatic carbocycles. The fourth-order valence-electron chi connectivity index (χ4n) is 3.11. The van der Waals surface area contributed by atoms with Crippen molar-refractivity contribution >= 4 is 0 Å². The highest BCUT2D eigenvalue weighted by atomic mass is 19.1. The Morgan fingerprint density at radius 2 is 2.00 bits per heavy atom. The minimum atomic E-state index is -0.487. The van der Waals surface area contributed by atoms with Gasteiger partial charge in [-0.3, -0.25) is 0 Å². The zero-order chi connectivity index (χ0) is 15.1. The van der Waals surface area contributed by atoms with Gasteiger partial charge in [-0.2, -0.15) is 0 Å². The molecular formula is C17H27FNO2+. The molecule has 0 aromatic heterocycles. The van der Waals surface area contributed by atoms with E-state index in [0.29, 0.717) is 18.2 Å². The molecule has 0 amide bonds. The van der Waals surface area contributed by atoms with E-state index in [1.54, 1.807) is 18.2 Å². The Labute approximate surface area is 126 Å². The molecule has 1 saturated carbocycles. The monoisotopic (exact) mass is 296 g/mol. The molecule has 1 aromatic carbocycles. The molecular weight excluding hydrogens is 269 g/mol. The average Bonchev–Trinajstić information content (AvgIpc) is 2.50. The zero-order valence-electron chi connectivity index (χ0n) is 12.9. The van der Waals surface area contributed by atoms with Crippen molar-refractivity contribution in [3.05, 3.63) is 35.6 Å². The van der Waals surface area contributed by atoms with Crippen LogP contribution in [0.15, 0.2) is 24.3 Å². The van der Waals surface area contributed by atoms with Crippen LogP contribution in [0.2, 0.25) is 0 Å². The lowest BCUT2D eigenvalue weighted by Crippen LogP contribution is -3.14. The number of likely N-dealkylation sites (N-methyl/N-ethyl adjacent to an activating group) is 1. The molecule has 2 atom stereocenters. The largest absolute Gasteiger partial charge is 0.385 e. The van der Waals surface area contributed by atoms with Crippen LogP contribution >= 0.6 is 0 Å². The van der Waals surface area contributed by atoms with Crippen molar-refractivity contribution in [3.63, 3.8) is 0 Å². The van der Waals surface area contributed by atoms with Gasteiger partial charge in [-0.05, 0) is 31.7 Å². The molecule has 0 saturated heterocycles. The van der Waals surface area contributed by atoms with Crippen LogP contribution < -0.4 is 4.90 Å². The lowest BCUT2D eigenvalue weighted by atomic mass is 9.94. The van der Waals surface area contributed by atoms with E-state index in [1.807, 2.05) is 0 Å². The van der Waals surface area contributed by atoms with Crippen molar-refractivity contribution in [1.82, 2.24) is 0 Å². The van der Waals surface area contributed by atoms with Crippen LogP contribution in [-0.4, -0.2) is 37.5 Å². The van der Waals surface area contributed by atoms with Gasteiger partial charge in [0, 0.05) is 5.56 Å². The van der Waals surface area contributed by atoms with Crippen molar-refractivity contribution in [1.29, 1.82) is 0 Å². The SMILES string of the molecule is C[NH+](C[C@H](O)COCc1ccccc1F)C1CCCCC1. The Hall–Kier alpha value is -0.970. The molecule has 0 aliphatic heterocycles. The first-order valence-corrected chi connectivity index (χ1v) is 7.98. The Balaban J connectivity index is 1.67. The summed E-state index contributed by atoms with van der Waals surface area (Å²) in [4.78, 5) is 1.39. The van der Waals surface area contributed by atoms with Gasteiger partial charge in [-0.1, -0.05) is 24.6 Å². The highest BCUT2D eigenvalue weighted by Gasteiger charge is 2.23. The molecule has 3 nitrogen and oxygen atoms in total. The second kappa shape index (κ2) is 8.47. The summed E-state index contributed by atoms with van der Waals surface area (Å²) in [6, 6.07) is 7.26. The highest BCUT2D eigenvalue weighted by molar-refractivity contribution is 5.16. The van der Waals surface area contributed by atoms with Gasteiger partial charge >= 0.3 is 0 Å². The minimum absolute atomic E-state index is 0.214. The molecule has 0 radical (unpaired) electrons. The van der Waals surface area contributed by atoms with Gasteiger partial charge < -0.3 is 14.7 Å². The van der Waals surface area contributed by atoms with E-state index >= 15 is 0 Å². The number of quaternary nitrogens is 1. The Morgan fingerprint density at radius 1 is 1.29 bits per heavy atom. The molecule has 0 bridgehead atoms. The predicted molar refractivity (Wildman–Crippen MR) is 80.7 cm³/mol. The topological polar surface area (TPSA) is 33.9 Å². The maximum Gasteiger partial charge on any atom is 0.128 e. The van der Waals surface area contributed by atoms with Crippen LogP contribution in [-0.2, 0) is 11.3 Å². The van der Waals surface area contributed by atoms with Gasteiger partial charge in [0.15, 0.2) is 0 Å². The average molecular weight is 296 g/mol. The van der Waals surface area contributed by atoms with Gasteiger partial charge in [0.2, 0.25) is 0 Å². The van der Waals surface area contributed by atoms with Crippen molar-refractivity contribution in [2.24, 2.45) is 0 Å². The molecule has 2 N–H and O–H groups in total. The molecule has 0 spiro atoms. The number of aliphatic hydroxyl groups is 1. The third-order valence-electron chi connectivity index (χ3n) is 4.39. The fourth-order valence-corrected chi connectivity index (χ4v) is 3.11. The van der Waals surface area contributed by atoms with Gasteiger partial charge in [0.1, 0.15) is 18.5 Å². The number of hydrogen-bond donors (Lipinski definition) is 2. The van der Waals surface area contributed by atoms with Crippen LogP contribution in [0.3, 0.4) is 0 Å². The van der Waals surface area contributed by atoms with Crippen molar-refractivity contribution in [3.8, 4) is 0 Å². The third-order valence-corrected chi connectivity index (χ3v) is 4.39. The molecule has 21 heavy (non-hydrogen) atoms. The van der Waals surface area contributed by atoms with E-state index in [4.69, 9.17) is 4.74 Å². The van der Waals surface area contributed by atoms with E-state index in [1.165, 1.54) is 43.1 Å². The molecule has 4 heteroatoms. The first-order valence-electron chi connectivity index (χ1n) is 7.98. The van der Waals surface area contributed by atoms with Crippen molar-refractivity contribution < 1.29 is 19.1 Å². The molecule has 1 aliphatic rings. The number of halogens is 1. The number of aliphatic hydroxyl groups excluding tert-OH is 1. The predicted octanol–water partition coefficient (Wildman–Crippen LogP) is 1.55. The zero-order valence-corrected chi connectivity index (χ0v) is 12.9. The van der Waals surface area contributed by atoms with E-state index in [2.05, 4.69) is 7.05 Å². The molecule has 1 aromatic rings. The van der Waals surface area contributed by atoms with Crippen molar-refractivity contribution in [2.75, 3.05) is 20.2 Å².